The minimum Gasteiger partial charge on any atom is -0.479 e. The van der Waals surface area contributed by atoms with Crippen LogP contribution in [0.25, 0.3) is 11.4 Å². The molecule has 0 aliphatic rings. The Kier molecular flexibility index (Phi) is 14.0. The fraction of sp³-hybridized carbons (Fsp3) is 0.621. The molecule has 0 N–H and O–H groups in total. The standard InChI is InChI=1S/C29H44N2O3/c1-4-6-8-10-12-14-16-25-22-30-28(31-23-25)26-17-19-27(20-18-26)34-24(3)29(32)33-21-15-13-11-9-7-5-2/h17-20,22-24H,4-16,21H2,1-3H3. The van der Waals surface area contributed by atoms with Crippen molar-refractivity contribution in [3.8, 4) is 17.1 Å². The molecule has 5 heteroatoms. The Labute approximate surface area is 206 Å². The van der Waals surface area contributed by atoms with Crippen molar-refractivity contribution < 1.29 is 14.3 Å². The van der Waals surface area contributed by atoms with Crippen molar-refractivity contribution in [3.63, 3.8) is 0 Å². The van der Waals surface area contributed by atoms with E-state index in [1.807, 2.05) is 36.7 Å². The van der Waals surface area contributed by atoms with Crippen molar-refractivity contribution in [1.29, 1.82) is 0 Å². The second kappa shape index (κ2) is 17.1. The molecule has 0 fully saturated rings. The molecule has 2 rings (SSSR count). The highest BCUT2D eigenvalue weighted by Gasteiger charge is 2.16. The highest BCUT2D eigenvalue weighted by Crippen LogP contribution is 2.21. The largest absolute Gasteiger partial charge is 0.479 e. The molecule has 1 atom stereocenters. The molecule has 2 aromatic rings. The summed E-state index contributed by atoms with van der Waals surface area (Å²) in [6.45, 7) is 6.64. The Balaban J connectivity index is 1.71. The van der Waals surface area contributed by atoms with Gasteiger partial charge in [0.15, 0.2) is 11.9 Å². The topological polar surface area (TPSA) is 61.3 Å². The van der Waals surface area contributed by atoms with Crippen LogP contribution in [-0.2, 0) is 16.0 Å². The number of rotatable bonds is 18. The molecule has 5 nitrogen and oxygen atoms in total. The molecule has 1 heterocycles. The first-order valence-electron chi connectivity index (χ1n) is 13.4. The number of hydrogen-bond acceptors (Lipinski definition) is 5. The highest BCUT2D eigenvalue weighted by atomic mass is 16.6. The second-order valence-corrected chi connectivity index (χ2v) is 9.15. The molecule has 0 radical (unpaired) electrons. The maximum absolute atomic E-state index is 12.2. The number of aromatic nitrogens is 2. The Hall–Kier alpha value is -2.43. The zero-order valence-corrected chi connectivity index (χ0v) is 21.6. The van der Waals surface area contributed by atoms with E-state index in [0.29, 0.717) is 18.2 Å². The average molecular weight is 469 g/mol. The summed E-state index contributed by atoms with van der Waals surface area (Å²) in [7, 11) is 0. The lowest BCUT2D eigenvalue weighted by Crippen LogP contribution is -2.26. The maximum atomic E-state index is 12.2. The predicted octanol–water partition coefficient (Wildman–Crippen LogP) is 7.72. The lowest BCUT2D eigenvalue weighted by atomic mass is 10.1. The highest BCUT2D eigenvalue weighted by molar-refractivity contribution is 5.74. The van der Waals surface area contributed by atoms with Crippen molar-refractivity contribution in [2.45, 2.75) is 110 Å². The second-order valence-electron chi connectivity index (χ2n) is 9.15. The molecule has 0 amide bonds. The van der Waals surface area contributed by atoms with Gasteiger partial charge in [-0.05, 0) is 56.0 Å². The average Bonchev–Trinajstić information content (AvgIpc) is 2.86. The van der Waals surface area contributed by atoms with E-state index >= 15 is 0 Å². The zero-order valence-electron chi connectivity index (χ0n) is 21.6. The molecule has 34 heavy (non-hydrogen) atoms. The van der Waals surface area contributed by atoms with Crippen LogP contribution >= 0.6 is 0 Å². The van der Waals surface area contributed by atoms with Gasteiger partial charge < -0.3 is 9.47 Å². The molecular formula is C29H44N2O3. The van der Waals surface area contributed by atoms with Gasteiger partial charge in [0.2, 0.25) is 0 Å². The van der Waals surface area contributed by atoms with Gasteiger partial charge in [-0.15, -0.1) is 0 Å². The minimum atomic E-state index is -0.636. The lowest BCUT2D eigenvalue weighted by Gasteiger charge is -2.14. The van der Waals surface area contributed by atoms with Crippen LogP contribution in [0, 0.1) is 0 Å². The van der Waals surface area contributed by atoms with Crippen molar-refractivity contribution in [2.24, 2.45) is 0 Å². The van der Waals surface area contributed by atoms with E-state index in [2.05, 4.69) is 23.8 Å². The summed E-state index contributed by atoms with van der Waals surface area (Å²) in [4.78, 5) is 21.2. The van der Waals surface area contributed by atoms with Crippen LogP contribution in [0.4, 0.5) is 0 Å². The number of carbonyl (C=O) groups is 1. The molecule has 0 aliphatic carbocycles. The van der Waals surface area contributed by atoms with Gasteiger partial charge in [-0.25, -0.2) is 14.8 Å². The van der Waals surface area contributed by atoms with Gasteiger partial charge in [0.05, 0.1) is 6.61 Å². The monoisotopic (exact) mass is 468 g/mol. The third-order valence-electron chi connectivity index (χ3n) is 6.02. The normalized spacial score (nSPS) is 11.9. The minimum absolute atomic E-state index is 0.318. The van der Waals surface area contributed by atoms with Crippen molar-refractivity contribution >= 4 is 5.97 Å². The number of carbonyl (C=O) groups excluding carboxylic acids is 1. The van der Waals surface area contributed by atoms with Crippen LogP contribution in [0.1, 0.15) is 103 Å². The third-order valence-corrected chi connectivity index (χ3v) is 6.02. The molecule has 188 valence electrons. The van der Waals surface area contributed by atoms with E-state index < -0.39 is 6.10 Å². The van der Waals surface area contributed by atoms with Gasteiger partial charge in [0, 0.05) is 18.0 Å². The Morgan fingerprint density at radius 1 is 0.794 bits per heavy atom. The molecule has 0 saturated heterocycles. The van der Waals surface area contributed by atoms with E-state index in [1.165, 1.54) is 69.8 Å². The molecule has 0 aliphatic heterocycles. The summed E-state index contributed by atoms with van der Waals surface area (Å²) in [6.07, 6.45) is 19.0. The quantitative estimate of drug-likeness (QED) is 0.165. The van der Waals surface area contributed by atoms with Crippen molar-refractivity contribution in [3.05, 3.63) is 42.2 Å². The Bertz CT molecular complexity index is 790. The van der Waals surface area contributed by atoms with E-state index in [0.717, 1.165) is 24.8 Å². The SMILES string of the molecule is CCCCCCCCOC(=O)C(C)Oc1ccc(-c2ncc(CCCCCCCC)cn2)cc1. The number of aryl methyl sites for hydroxylation is 1. The lowest BCUT2D eigenvalue weighted by molar-refractivity contribution is -0.151. The van der Waals surface area contributed by atoms with Gasteiger partial charge >= 0.3 is 5.97 Å². The van der Waals surface area contributed by atoms with Crippen LogP contribution in [0.15, 0.2) is 36.7 Å². The fourth-order valence-electron chi connectivity index (χ4n) is 3.85. The fourth-order valence-corrected chi connectivity index (χ4v) is 3.85. The van der Waals surface area contributed by atoms with Crippen LogP contribution in [0.2, 0.25) is 0 Å². The number of ether oxygens (including phenoxy) is 2. The molecule has 1 aromatic carbocycles. The first kappa shape index (κ1) is 27.8. The predicted molar refractivity (Wildman–Crippen MR) is 139 cm³/mol. The van der Waals surface area contributed by atoms with Gasteiger partial charge in [0.1, 0.15) is 5.75 Å². The maximum Gasteiger partial charge on any atom is 0.347 e. The summed E-state index contributed by atoms with van der Waals surface area (Å²) < 4.78 is 11.1. The molecule has 1 aromatic heterocycles. The Morgan fingerprint density at radius 2 is 1.35 bits per heavy atom. The van der Waals surface area contributed by atoms with Gasteiger partial charge in [-0.2, -0.15) is 0 Å². The van der Waals surface area contributed by atoms with Crippen molar-refractivity contribution in [1.82, 2.24) is 9.97 Å². The zero-order chi connectivity index (χ0) is 24.4. The molecule has 1 unspecified atom stereocenters. The molecular weight excluding hydrogens is 424 g/mol. The number of nitrogens with zero attached hydrogens (tertiary/aromatic N) is 2. The van der Waals surface area contributed by atoms with Crippen LogP contribution in [0.3, 0.4) is 0 Å². The van der Waals surface area contributed by atoms with E-state index in [-0.39, 0.29) is 5.97 Å². The van der Waals surface area contributed by atoms with E-state index in [4.69, 9.17) is 9.47 Å². The molecule has 0 spiro atoms. The molecule has 0 saturated carbocycles. The van der Waals surface area contributed by atoms with Crippen molar-refractivity contribution in [2.75, 3.05) is 6.61 Å². The summed E-state index contributed by atoms with van der Waals surface area (Å²) in [5.41, 5.74) is 2.12. The van der Waals surface area contributed by atoms with Gasteiger partial charge in [-0.3, -0.25) is 0 Å². The Morgan fingerprint density at radius 3 is 1.97 bits per heavy atom. The van der Waals surface area contributed by atoms with Crippen LogP contribution in [-0.4, -0.2) is 28.6 Å². The number of esters is 1. The summed E-state index contributed by atoms with van der Waals surface area (Å²) >= 11 is 0. The van der Waals surface area contributed by atoms with E-state index in [9.17, 15) is 4.79 Å². The number of benzene rings is 1. The first-order chi connectivity index (χ1) is 16.6. The van der Waals surface area contributed by atoms with Gasteiger partial charge in [0.25, 0.3) is 0 Å². The number of hydrogen-bond donors (Lipinski definition) is 0. The van der Waals surface area contributed by atoms with Crippen LogP contribution in [0.5, 0.6) is 5.75 Å². The smallest absolute Gasteiger partial charge is 0.347 e. The van der Waals surface area contributed by atoms with Gasteiger partial charge in [-0.1, -0.05) is 78.1 Å². The van der Waals surface area contributed by atoms with Crippen LogP contribution < -0.4 is 4.74 Å². The summed E-state index contributed by atoms with van der Waals surface area (Å²) in [6, 6.07) is 7.54. The summed E-state index contributed by atoms with van der Waals surface area (Å²) in [5, 5.41) is 0. The molecule has 0 bridgehead atoms. The number of unbranched alkanes of at least 4 members (excludes halogenated alkanes) is 10. The summed E-state index contributed by atoms with van der Waals surface area (Å²) in [5.74, 6) is 1.01. The third kappa shape index (κ3) is 11.1. The first-order valence-corrected chi connectivity index (χ1v) is 13.4. The van der Waals surface area contributed by atoms with E-state index in [1.54, 1.807) is 6.92 Å².